The summed E-state index contributed by atoms with van der Waals surface area (Å²) in [6.07, 6.45) is 4.34. The van der Waals surface area contributed by atoms with Crippen LogP contribution in [0.4, 0.5) is 8.78 Å². The van der Waals surface area contributed by atoms with Crippen LogP contribution in [0, 0.1) is 0 Å². The van der Waals surface area contributed by atoms with Crippen molar-refractivity contribution in [3.05, 3.63) is 41.9 Å². The maximum atomic E-state index is 12.8. The Morgan fingerprint density at radius 1 is 1.24 bits per heavy atom. The summed E-state index contributed by atoms with van der Waals surface area (Å²) >= 11 is 1.71. The number of benzene rings is 1. The summed E-state index contributed by atoms with van der Waals surface area (Å²) in [6.45, 7) is -1.43. The van der Waals surface area contributed by atoms with Crippen molar-refractivity contribution in [2.45, 2.75) is 19.6 Å². The standard InChI is InChI=1S/C19H23F2N3O4S/c1-29-8-6-23-19(22-5-4-14-3-2-7-25-14)24-11-13-9-16-17(27-12-26-16)10-15(13)28-18(20)21/h2-3,7,9-10,18H,4-6,8,11-12H2,1H3,(H2,22,23,24). The third-order valence-electron chi connectivity index (χ3n) is 4.02. The van der Waals surface area contributed by atoms with E-state index >= 15 is 0 Å². The number of hydrogen-bond acceptors (Lipinski definition) is 6. The van der Waals surface area contributed by atoms with Crippen LogP contribution in [0.5, 0.6) is 17.2 Å². The maximum absolute atomic E-state index is 12.8. The lowest BCUT2D eigenvalue weighted by Crippen LogP contribution is -2.39. The fourth-order valence-electron chi connectivity index (χ4n) is 2.66. The van der Waals surface area contributed by atoms with Crippen molar-refractivity contribution in [2.24, 2.45) is 4.99 Å². The van der Waals surface area contributed by atoms with Gasteiger partial charge in [-0.3, -0.25) is 0 Å². The van der Waals surface area contributed by atoms with Gasteiger partial charge >= 0.3 is 6.61 Å². The topological polar surface area (TPSA) is 77.3 Å². The number of fused-ring (bicyclic) bond motifs is 1. The molecule has 0 saturated heterocycles. The Labute approximate surface area is 171 Å². The molecule has 0 bridgehead atoms. The van der Waals surface area contributed by atoms with Crippen LogP contribution < -0.4 is 24.8 Å². The van der Waals surface area contributed by atoms with E-state index in [9.17, 15) is 8.78 Å². The van der Waals surface area contributed by atoms with Crippen LogP contribution in [0.1, 0.15) is 11.3 Å². The highest BCUT2D eigenvalue weighted by Gasteiger charge is 2.20. The first kappa shape index (κ1) is 21.1. The molecule has 29 heavy (non-hydrogen) atoms. The second kappa shape index (κ2) is 10.8. The van der Waals surface area contributed by atoms with Crippen molar-refractivity contribution in [1.82, 2.24) is 10.6 Å². The lowest BCUT2D eigenvalue weighted by atomic mass is 10.1. The second-order valence-corrected chi connectivity index (χ2v) is 7.02. The van der Waals surface area contributed by atoms with Gasteiger partial charge in [0.25, 0.3) is 0 Å². The first-order valence-electron chi connectivity index (χ1n) is 9.06. The minimum atomic E-state index is -2.94. The highest BCUT2D eigenvalue weighted by Crippen LogP contribution is 2.39. The minimum Gasteiger partial charge on any atom is -0.469 e. The summed E-state index contributed by atoms with van der Waals surface area (Å²) in [7, 11) is 0. The van der Waals surface area contributed by atoms with E-state index in [-0.39, 0.29) is 19.1 Å². The number of furan rings is 1. The summed E-state index contributed by atoms with van der Waals surface area (Å²) in [5.74, 6) is 3.23. The smallest absolute Gasteiger partial charge is 0.387 e. The van der Waals surface area contributed by atoms with E-state index < -0.39 is 6.61 Å². The van der Waals surface area contributed by atoms with Crippen LogP contribution in [-0.2, 0) is 13.0 Å². The number of halogens is 2. The fourth-order valence-corrected chi connectivity index (χ4v) is 2.97. The Morgan fingerprint density at radius 3 is 2.76 bits per heavy atom. The molecule has 0 amide bonds. The molecule has 10 heteroatoms. The predicted octanol–water partition coefficient (Wildman–Crippen LogP) is 3.25. The summed E-state index contributed by atoms with van der Waals surface area (Å²) in [6, 6.07) is 6.77. The number of ether oxygens (including phenoxy) is 3. The van der Waals surface area contributed by atoms with Crippen molar-refractivity contribution >= 4 is 17.7 Å². The minimum absolute atomic E-state index is 0.0204. The zero-order valence-electron chi connectivity index (χ0n) is 16.0. The van der Waals surface area contributed by atoms with E-state index in [1.165, 1.54) is 6.07 Å². The van der Waals surface area contributed by atoms with Gasteiger partial charge in [-0.2, -0.15) is 20.5 Å². The lowest BCUT2D eigenvalue weighted by molar-refractivity contribution is -0.0505. The number of alkyl halides is 2. The van der Waals surface area contributed by atoms with Gasteiger partial charge in [-0.1, -0.05) is 0 Å². The molecule has 0 spiro atoms. The molecule has 0 aliphatic carbocycles. The molecule has 1 aromatic heterocycles. The quantitative estimate of drug-likeness (QED) is 0.342. The van der Waals surface area contributed by atoms with Gasteiger partial charge in [0.15, 0.2) is 17.5 Å². The fraction of sp³-hybridized carbons (Fsp3) is 0.421. The summed E-state index contributed by atoms with van der Waals surface area (Å²) < 4.78 is 46.1. The number of guanidine groups is 1. The van der Waals surface area contributed by atoms with Gasteiger partial charge in [0.05, 0.1) is 12.8 Å². The molecule has 3 rings (SSSR count). The van der Waals surface area contributed by atoms with E-state index in [2.05, 4.69) is 20.4 Å². The number of aliphatic imine (C=N–C) groups is 1. The van der Waals surface area contributed by atoms with Gasteiger partial charge in [0.1, 0.15) is 11.5 Å². The SMILES string of the molecule is CSCCNC(=NCc1cc2c(cc1OC(F)F)OCO2)NCCc1ccco1. The largest absolute Gasteiger partial charge is 0.469 e. The zero-order chi connectivity index (χ0) is 20.5. The molecule has 1 aliphatic heterocycles. The van der Waals surface area contributed by atoms with Crippen LogP contribution >= 0.6 is 11.8 Å². The molecule has 158 valence electrons. The zero-order valence-corrected chi connectivity index (χ0v) is 16.8. The van der Waals surface area contributed by atoms with Crippen LogP contribution in [-0.4, -0.2) is 44.5 Å². The first-order chi connectivity index (χ1) is 14.2. The molecule has 2 heterocycles. The maximum Gasteiger partial charge on any atom is 0.387 e. The Morgan fingerprint density at radius 2 is 2.03 bits per heavy atom. The van der Waals surface area contributed by atoms with Gasteiger partial charge in [0, 0.05) is 36.9 Å². The van der Waals surface area contributed by atoms with E-state index in [0.29, 0.717) is 36.0 Å². The molecule has 0 saturated carbocycles. The second-order valence-electron chi connectivity index (χ2n) is 6.03. The van der Waals surface area contributed by atoms with Crippen LogP contribution in [0.2, 0.25) is 0 Å². The number of thioether (sulfide) groups is 1. The highest BCUT2D eigenvalue weighted by atomic mass is 32.2. The van der Waals surface area contributed by atoms with Crippen LogP contribution in [0.15, 0.2) is 39.9 Å². The Kier molecular flexibility index (Phi) is 7.85. The molecular weight excluding hydrogens is 404 g/mol. The summed E-state index contributed by atoms with van der Waals surface area (Å²) in [5, 5.41) is 6.45. The summed E-state index contributed by atoms with van der Waals surface area (Å²) in [5.41, 5.74) is 0.478. The Bertz CT molecular complexity index is 803. The van der Waals surface area contributed by atoms with E-state index in [4.69, 9.17) is 13.9 Å². The highest BCUT2D eigenvalue weighted by molar-refractivity contribution is 7.98. The van der Waals surface area contributed by atoms with E-state index in [1.807, 2.05) is 18.4 Å². The van der Waals surface area contributed by atoms with Crippen LogP contribution in [0.25, 0.3) is 0 Å². The molecule has 1 aromatic carbocycles. The number of nitrogens with one attached hydrogen (secondary N) is 2. The Hall–Kier alpha value is -2.62. The molecule has 7 nitrogen and oxygen atoms in total. The van der Waals surface area contributed by atoms with Gasteiger partial charge in [-0.05, 0) is 24.5 Å². The third kappa shape index (κ3) is 6.45. The van der Waals surface area contributed by atoms with Crippen molar-refractivity contribution < 1.29 is 27.4 Å². The molecule has 0 atom stereocenters. The van der Waals surface area contributed by atoms with Gasteiger partial charge in [0.2, 0.25) is 6.79 Å². The third-order valence-corrected chi connectivity index (χ3v) is 4.63. The molecule has 1 aliphatic rings. The van der Waals surface area contributed by atoms with Gasteiger partial charge < -0.3 is 29.3 Å². The van der Waals surface area contributed by atoms with Crippen molar-refractivity contribution in [2.75, 3.05) is 31.9 Å². The molecule has 0 fully saturated rings. The number of nitrogens with zero attached hydrogens (tertiary/aromatic N) is 1. The molecule has 0 radical (unpaired) electrons. The van der Waals surface area contributed by atoms with E-state index in [0.717, 1.165) is 18.1 Å². The molecule has 2 N–H and O–H groups in total. The van der Waals surface area contributed by atoms with Crippen molar-refractivity contribution in [1.29, 1.82) is 0 Å². The van der Waals surface area contributed by atoms with Crippen molar-refractivity contribution in [3.63, 3.8) is 0 Å². The average molecular weight is 427 g/mol. The molecule has 2 aromatic rings. The van der Waals surface area contributed by atoms with Gasteiger partial charge in [-0.15, -0.1) is 0 Å². The summed E-state index contributed by atoms with van der Waals surface area (Å²) in [4.78, 5) is 4.51. The number of hydrogen-bond donors (Lipinski definition) is 2. The first-order valence-corrected chi connectivity index (χ1v) is 10.5. The molecular formula is C19H23F2N3O4S. The monoisotopic (exact) mass is 427 g/mol. The normalized spacial score (nSPS) is 13.0. The lowest BCUT2D eigenvalue weighted by Gasteiger charge is -2.14. The van der Waals surface area contributed by atoms with Gasteiger partial charge in [-0.25, -0.2) is 4.99 Å². The number of rotatable bonds is 10. The predicted molar refractivity (Wildman–Crippen MR) is 107 cm³/mol. The van der Waals surface area contributed by atoms with E-state index in [1.54, 1.807) is 24.1 Å². The van der Waals surface area contributed by atoms with Crippen LogP contribution in [0.3, 0.4) is 0 Å². The van der Waals surface area contributed by atoms with Crippen molar-refractivity contribution in [3.8, 4) is 17.2 Å². The average Bonchev–Trinajstić information content (AvgIpc) is 3.36. The Balaban J connectivity index is 1.69. The molecule has 0 unspecified atom stereocenters.